The van der Waals surface area contributed by atoms with Gasteiger partial charge in [-0.2, -0.15) is 0 Å². The van der Waals surface area contributed by atoms with Gasteiger partial charge in [0.2, 0.25) is 0 Å². The highest BCUT2D eigenvalue weighted by Gasteiger charge is 2.26. The van der Waals surface area contributed by atoms with Crippen LogP contribution in [0.1, 0.15) is 24.4 Å². The van der Waals surface area contributed by atoms with E-state index in [9.17, 15) is 0 Å². The molecule has 0 spiro atoms. The van der Waals surface area contributed by atoms with Gasteiger partial charge in [-0.25, -0.2) is 0 Å². The van der Waals surface area contributed by atoms with Gasteiger partial charge in [-0.1, -0.05) is 17.7 Å². The third-order valence-corrected chi connectivity index (χ3v) is 5.54. The van der Waals surface area contributed by atoms with Crippen LogP contribution in [-0.2, 0) is 0 Å². The van der Waals surface area contributed by atoms with Crippen molar-refractivity contribution in [3.8, 4) is 0 Å². The summed E-state index contributed by atoms with van der Waals surface area (Å²) in [7, 11) is 4.37. The van der Waals surface area contributed by atoms with Crippen molar-refractivity contribution < 1.29 is 0 Å². The van der Waals surface area contributed by atoms with Gasteiger partial charge in [0.25, 0.3) is 0 Å². The molecule has 1 aromatic carbocycles. The Morgan fingerprint density at radius 3 is 2.65 bits per heavy atom. The van der Waals surface area contributed by atoms with Crippen molar-refractivity contribution >= 4 is 27.5 Å². The predicted octanol–water partition coefficient (Wildman–Crippen LogP) is 3.13. The molecule has 1 aliphatic heterocycles. The van der Waals surface area contributed by atoms with E-state index >= 15 is 0 Å². The minimum Gasteiger partial charge on any atom is -0.329 e. The van der Waals surface area contributed by atoms with E-state index in [1.807, 2.05) is 12.1 Å². The van der Waals surface area contributed by atoms with E-state index in [-0.39, 0.29) is 6.04 Å². The van der Waals surface area contributed by atoms with E-state index < -0.39 is 0 Å². The second kappa shape index (κ2) is 7.23. The van der Waals surface area contributed by atoms with Gasteiger partial charge in [0.1, 0.15) is 0 Å². The Morgan fingerprint density at radius 2 is 2.10 bits per heavy atom. The molecule has 1 heterocycles. The molecule has 0 aromatic heterocycles. The van der Waals surface area contributed by atoms with Gasteiger partial charge in [0, 0.05) is 23.1 Å². The maximum atomic E-state index is 6.21. The third-order valence-electron chi connectivity index (χ3n) is 4.31. The standard InChI is InChI=1S/C15H23BrClN3/c1-19-7-5-12(6-8-19)20(2)15(10-18)11-3-4-13(16)14(17)9-11/h3-4,9,12,15H,5-8,10,18H2,1-2H3. The van der Waals surface area contributed by atoms with Crippen molar-refractivity contribution in [3.05, 3.63) is 33.3 Å². The van der Waals surface area contributed by atoms with Gasteiger partial charge in [-0.3, -0.25) is 4.90 Å². The number of benzene rings is 1. The Balaban J connectivity index is 2.12. The van der Waals surface area contributed by atoms with Gasteiger partial charge in [-0.05, 0) is 73.7 Å². The van der Waals surface area contributed by atoms with Crippen LogP contribution in [0, 0.1) is 0 Å². The molecule has 0 aliphatic carbocycles. The number of piperidine rings is 1. The zero-order valence-corrected chi connectivity index (χ0v) is 14.5. The maximum absolute atomic E-state index is 6.21. The van der Waals surface area contributed by atoms with Crippen molar-refractivity contribution in [2.24, 2.45) is 5.73 Å². The molecule has 1 atom stereocenters. The van der Waals surface area contributed by atoms with Crippen molar-refractivity contribution in [2.75, 3.05) is 33.7 Å². The molecule has 1 aromatic rings. The Bertz CT molecular complexity index is 447. The van der Waals surface area contributed by atoms with Gasteiger partial charge >= 0.3 is 0 Å². The van der Waals surface area contributed by atoms with E-state index in [1.165, 1.54) is 18.4 Å². The number of rotatable bonds is 4. The number of nitrogens with two attached hydrogens (primary N) is 1. The SMILES string of the molecule is CN1CCC(N(C)C(CN)c2ccc(Br)c(Cl)c2)CC1. The van der Waals surface area contributed by atoms with Crippen molar-refractivity contribution in [1.82, 2.24) is 9.80 Å². The summed E-state index contributed by atoms with van der Waals surface area (Å²) in [5.74, 6) is 0. The van der Waals surface area contributed by atoms with E-state index in [0.29, 0.717) is 12.6 Å². The van der Waals surface area contributed by atoms with Crippen LogP contribution in [0.2, 0.25) is 5.02 Å². The average molecular weight is 361 g/mol. The zero-order chi connectivity index (χ0) is 14.7. The Kier molecular flexibility index (Phi) is 5.87. The highest BCUT2D eigenvalue weighted by Crippen LogP contribution is 2.30. The van der Waals surface area contributed by atoms with Gasteiger partial charge in [0.15, 0.2) is 0 Å². The fraction of sp³-hybridized carbons (Fsp3) is 0.600. The van der Waals surface area contributed by atoms with Crippen molar-refractivity contribution in [1.29, 1.82) is 0 Å². The Hall–Kier alpha value is -0.130. The van der Waals surface area contributed by atoms with Crippen LogP contribution < -0.4 is 5.73 Å². The number of halogens is 2. The molecule has 20 heavy (non-hydrogen) atoms. The van der Waals surface area contributed by atoms with E-state index in [4.69, 9.17) is 17.3 Å². The minimum atomic E-state index is 0.231. The summed E-state index contributed by atoms with van der Waals surface area (Å²) in [6, 6.07) is 6.97. The monoisotopic (exact) mass is 359 g/mol. The lowest BCUT2D eigenvalue weighted by Gasteiger charge is -2.39. The lowest BCUT2D eigenvalue weighted by atomic mass is 9.99. The highest BCUT2D eigenvalue weighted by molar-refractivity contribution is 9.10. The molecular formula is C15H23BrClN3. The Labute approximate surface area is 135 Å². The summed E-state index contributed by atoms with van der Waals surface area (Å²) in [5, 5.41) is 0.748. The summed E-state index contributed by atoms with van der Waals surface area (Å²) in [4.78, 5) is 4.81. The van der Waals surface area contributed by atoms with Crippen LogP contribution in [0.3, 0.4) is 0 Å². The summed E-state index contributed by atoms with van der Waals surface area (Å²) >= 11 is 9.65. The topological polar surface area (TPSA) is 32.5 Å². The van der Waals surface area contributed by atoms with Crippen LogP contribution >= 0.6 is 27.5 Å². The average Bonchev–Trinajstić information content (AvgIpc) is 2.44. The molecule has 1 saturated heterocycles. The van der Waals surface area contributed by atoms with Crippen molar-refractivity contribution in [2.45, 2.75) is 24.9 Å². The molecule has 1 unspecified atom stereocenters. The lowest BCUT2D eigenvalue weighted by molar-refractivity contribution is 0.109. The second-order valence-electron chi connectivity index (χ2n) is 5.62. The first kappa shape index (κ1) is 16.2. The molecule has 1 aliphatic rings. The predicted molar refractivity (Wildman–Crippen MR) is 89.2 cm³/mol. The Morgan fingerprint density at radius 1 is 1.45 bits per heavy atom. The molecule has 2 rings (SSSR count). The number of hydrogen-bond acceptors (Lipinski definition) is 3. The zero-order valence-electron chi connectivity index (χ0n) is 12.1. The van der Waals surface area contributed by atoms with E-state index in [1.54, 1.807) is 0 Å². The van der Waals surface area contributed by atoms with Crippen LogP contribution in [0.25, 0.3) is 0 Å². The molecule has 0 bridgehead atoms. The molecule has 0 radical (unpaired) electrons. The second-order valence-corrected chi connectivity index (χ2v) is 6.89. The normalized spacial score (nSPS) is 19.5. The van der Waals surface area contributed by atoms with Gasteiger partial charge < -0.3 is 10.6 Å². The number of likely N-dealkylation sites (N-methyl/N-ethyl adjacent to an activating group) is 1. The summed E-state index contributed by atoms with van der Waals surface area (Å²) < 4.78 is 0.931. The molecule has 5 heteroatoms. The molecule has 2 N–H and O–H groups in total. The number of nitrogens with zero attached hydrogens (tertiary/aromatic N) is 2. The molecule has 1 fully saturated rings. The molecule has 112 valence electrons. The fourth-order valence-corrected chi connectivity index (χ4v) is 3.35. The summed E-state index contributed by atoms with van der Waals surface area (Å²) in [5.41, 5.74) is 7.22. The lowest BCUT2D eigenvalue weighted by Crippen LogP contribution is -2.45. The van der Waals surface area contributed by atoms with Crippen LogP contribution in [0.5, 0.6) is 0 Å². The van der Waals surface area contributed by atoms with Crippen molar-refractivity contribution in [3.63, 3.8) is 0 Å². The first-order chi connectivity index (χ1) is 9.52. The van der Waals surface area contributed by atoms with E-state index in [2.05, 4.69) is 45.9 Å². The number of likely N-dealkylation sites (tertiary alicyclic amines) is 1. The third kappa shape index (κ3) is 3.74. The summed E-state index contributed by atoms with van der Waals surface area (Å²) in [6.45, 7) is 2.93. The minimum absolute atomic E-state index is 0.231. The first-order valence-corrected chi connectivity index (χ1v) is 8.25. The highest BCUT2D eigenvalue weighted by atomic mass is 79.9. The van der Waals surface area contributed by atoms with Crippen LogP contribution in [0.15, 0.2) is 22.7 Å². The maximum Gasteiger partial charge on any atom is 0.0551 e. The van der Waals surface area contributed by atoms with Gasteiger partial charge in [0.05, 0.1) is 5.02 Å². The van der Waals surface area contributed by atoms with Crippen LogP contribution in [0.4, 0.5) is 0 Å². The molecular weight excluding hydrogens is 338 g/mol. The first-order valence-electron chi connectivity index (χ1n) is 7.08. The quantitative estimate of drug-likeness (QED) is 0.895. The summed E-state index contributed by atoms with van der Waals surface area (Å²) in [6.07, 6.45) is 2.40. The van der Waals surface area contributed by atoms with Crippen LogP contribution in [-0.4, -0.2) is 49.6 Å². The van der Waals surface area contributed by atoms with E-state index in [0.717, 1.165) is 22.6 Å². The molecule has 0 amide bonds. The smallest absolute Gasteiger partial charge is 0.0551 e. The molecule has 0 saturated carbocycles. The number of hydrogen-bond donors (Lipinski definition) is 1. The largest absolute Gasteiger partial charge is 0.329 e. The van der Waals surface area contributed by atoms with Gasteiger partial charge in [-0.15, -0.1) is 0 Å². The molecule has 3 nitrogen and oxygen atoms in total. The fourth-order valence-electron chi connectivity index (χ4n) is 2.91.